The fourth-order valence-corrected chi connectivity index (χ4v) is 1.43. The standard InChI is InChI=1S/C14H20N2O/c1-4-5-14(17)11(2)10-16-13-8-6-12(15-3)7-9-13/h6-10,15-16H,4-5H2,1-3H3/b11-10-. The van der Waals surface area contributed by atoms with E-state index in [-0.39, 0.29) is 5.78 Å². The molecule has 0 aliphatic heterocycles. The van der Waals surface area contributed by atoms with Crippen molar-refractivity contribution in [1.82, 2.24) is 0 Å². The van der Waals surface area contributed by atoms with Gasteiger partial charge in [0.2, 0.25) is 0 Å². The molecule has 0 fully saturated rings. The van der Waals surface area contributed by atoms with Crippen LogP contribution in [-0.2, 0) is 4.79 Å². The number of carbonyl (C=O) groups is 1. The van der Waals surface area contributed by atoms with Gasteiger partial charge in [0.25, 0.3) is 0 Å². The Bertz CT molecular complexity index is 393. The molecule has 0 bridgehead atoms. The molecule has 92 valence electrons. The Kier molecular flexibility index (Phi) is 5.27. The van der Waals surface area contributed by atoms with Crippen molar-refractivity contribution in [3.63, 3.8) is 0 Å². The summed E-state index contributed by atoms with van der Waals surface area (Å²) < 4.78 is 0. The maximum atomic E-state index is 11.5. The molecule has 0 amide bonds. The number of anilines is 2. The predicted octanol–water partition coefficient (Wildman–Crippen LogP) is 3.41. The highest BCUT2D eigenvalue weighted by molar-refractivity contribution is 5.94. The molecule has 0 spiro atoms. The van der Waals surface area contributed by atoms with Crippen LogP contribution in [0, 0.1) is 0 Å². The summed E-state index contributed by atoms with van der Waals surface area (Å²) in [7, 11) is 1.88. The van der Waals surface area contributed by atoms with E-state index in [1.54, 1.807) is 6.20 Å². The largest absolute Gasteiger partial charge is 0.388 e. The number of ketones is 1. The van der Waals surface area contributed by atoms with Gasteiger partial charge in [0, 0.05) is 36.6 Å². The average Bonchev–Trinajstić information content (AvgIpc) is 2.36. The fourth-order valence-electron chi connectivity index (χ4n) is 1.43. The van der Waals surface area contributed by atoms with Crippen molar-refractivity contribution in [2.75, 3.05) is 17.7 Å². The lowest BCUT2D eigenvalue weighted by Gasteiger charge is -2.05. The van der Waals surface area contributed by atoms with Gasteiger partial charge in [-0.1, -0.05) is 6.92 Å². The number of Topliss-reactive ketones (excluding diaryl/α,β-unsaturated/α-hetero) is 1. The molecule has 0 saturated heterocycles. The fraction of sp³-hybridized carbons (Fsp3) is 0.357. The van der Waals surface area contributed by atoms with Crippen molar-refractivity contribution in [2.24, 2.45) is 0 Å². The van der Waals surface area contributed by atoms with Gasteiger partial charge in [-0.15, -0.1) is 0 Å². The normalized spacial score (nSPS) is 11.1. The number of benzene rings is 1. The van der Waals surface area contributed by atoms with E-state index in [0.29, 0.717) is 6.42 Å². The highest BCUT2D eigenvalue weighted by Crippen LogP contribution is 2.13. The Hall–Kier alpha value is -1.77. The van der Waals surface area contributed by atoms with Gasteiger partial charge in [0.05, 0.1) is 0 Å². The second-order valence-corrected chi connectivity index (χ2v) is 3.97. The topological polar surface area (TPSA) is 41.1 Å². The minimum atomic E-state index is 0.201. The first kappa shape index (κ1) is 13.3. The predicted molar refractivity (Wildman–Crippen MR) is 73.3 cm³/mol. The summed E-state index contributed by atoms with van der Waals surface area (Å²) in [5, 5.41) is 6.18. The summed E-state index contributed by atoms with van der Waals surface area (Å²) in [5.41, 5.74) is 2.82. The molecule has 0 atom stereocenters. The Morgan fingerprint density at radius 1 is 1.24 bits per heavy atom. The molecule has 0 aliphatic rings. The van der Waals surface area contributed by atoms with E-state index in [9.17, 15) is 4.79 Å². The third-order valence-corrected chi connectivity index (χ3v) is 2.55. The van der Waals surface area contributed by atoms with Gasteiger partial charge in [0.15, 0.2) is 5.78 Å². The van der Waals surface area contributed by atoms with Gasteiger partial charge in [-0.3, -0.25) is 4.79 Å². The lowest BCUT2D eigenvalue weighted by molar-refractivity contribution is -0.115. The van der Waals surface area contributed by atoms with Gasteiger partial charge in [-0.25, -0.2) is 0 Å². The van der Waals surface area contributed by atoms with Crippen LogP contribution in [-0.4, -0.2) is 12.8 Å². The highest BCUT2D eigenvalue weighted by Gasteiger charge is 2.01. The Balaban J connectivity index is 2.59. The second-order valence-electron chi connectivity index (χ2n) is 3.97. The van der Waals surface area contributed by atoms with Crippen molar-refractivity contribution in [2.45, 2.75) is 26.7 Å². The third-order valence-electron chi connectivity index (χ3n) is 2.55. The quantitative estimate of drug-likeness (QED) is 0.738. The highest BCUT2D eigenvalue weighted by atomic mass is 16.1. The molecule has 1 rings (SSSR count). The van der Waals surface area contributed by atoms with E-state index in [1.165, 1.54) is 0 Å². The molecule has 0 heterocycles. The van der Waals surface area contributed by atoms with Crippen LogP contribution in [0.3, 0.4) is 0 Å². The molecule has 1 aromatic rings. The Labute approximate surface area is 103 Å². The first-order valence-corrected chi connectivity index (χ1v) is 5.91. The van der Waals surface area contributed by atoms with E-state index in [0.717, 1.165) is 23.4 Å². The molecule has 3 heteroatoms. The monoisotopic (exact) mass is 232 g/mol. The average molecular weight is 232 g/mol. The molecule has 0 unspecified atom stereocenters. The maximum absolute atomic E-state index is 11.5. The van der Waals surface area contributed by atoms with Gasteiger partial charge < -0.3 is 10.6 Å². The van der Waals surface area contributed by atoms with Crippen LogP contribution < -0.4 is 10.6 Å². The van der Waals surface area contributed by atoms with Crippen LogP contribution >= 0.6 is 0 Å². The van der Waals surface area contributed by atoms with Crippen LogP contribution in [0.2, 0.25) is 0 Å². The number of hydrogen-bond donors (Lipinski definition) is 2. The zero-order chi connectivity index (χ0) is 12.7. The number of allylic oxidation sites excluding steroid dienone is 1. The molecule has 1 aromatic carbocycles. The third kappa shape index (κ3) is 4.31. The minimum absolute atomic E-state index is 0.201. The molecular weight excluding hydrogens is 212 g/mol. The molecule has 3 nitrogen and oxygen atoms in total. The Morgan fingerprint density at radius 3 is 2.35 bits per heavy atom. The molecule has 0 radical (unpaired) electrons. The molecule has 0 saturated carbocycles. The van der Waals surface area contributed by atoms with Crippen molar-refractivity contribution in [3.8, 4) is 0 Å². The molecule has 0 aromatic heterocycles. The van der Waals surface area contributed by atoms with Crippen molar-refractivity contribution < 1.29 is 4.79 Å². The molecule has 17 heavy (non-hydrogen) atoms. The van der Waals surface area contributed by atoms with Crippen LogP contribution in [0.4, 0.5) is 11.4 Å². The van der Waals surface area contributed by atoms with Gasteiger partial charge in [0.1, 0.15) is 0 Å². The number of nitrogens with one attached hydrogen (secondary N) is 2. The first-order valence-electron chi connectivity index (χ1n) is 5.91. The van der Waals surface area contributed by atoms with Gasteiger partial charge >= 0.3 is 0 Å². The van der Waals surface area contributed by atoms with Gasteiger partial charge in [-0.2, -0.15) is 0 Å². The van der Waals surface area contributed by atoms with Crippen LogP contribution in [0.25, 0.3) is 0 Å². The smallest absolute Gasteiger partial charge is 0.160 e. The summed E-state index contributed by atoms with van der Waals surface area (Å²) in [6.45, 7) is 3.85. The SMILES string of the molecule is CCCC(=O)/C(C)=C\Nc1ccc(NC)cc1. The van der Waals surface area contributed by atoms with E-state index in [4.69, 9.17) is 0 Å². The lowest BCUT2D eigenvalue weighted by atomic mass is 10.1. The summed E-state index contributed by atoms with van der Waals surface area (Å²) in [6, 6.07) is 7.92. The lowest BCUT2D eigenvalue weighted by Crippen LogP contribution is -2.01. The summed E-state index contributed by atoms with van der Waals surface area (Å²) in [5.74, 6) is 0.201. The van der Waals surface area contributed by atoms with Crippen LogP contribution in [0.15, 0.2) is 36.0 Å². The van der Waals surface area contributed by atoms with Crippen LogP contribution in [0.5, 0.6) is 0 Å². The number of hydrogen-bond acceptors (Lipinski definition) is 3. The number of rotatable bonds is 6. The second kappa shape index (κ2) is 6.74. The molecule has 0 aliphatic carbocycles. The zero-order valence-corrected chi connectivity index (χ0v) is 10.7. The summed E-state index contributed by atoms with van der Waals surface area (Å²) >= 11 is 0. The van der Waals surface area contributed by atoms with Crippen LogP contribution in [0.1, 0.15) is 26.7 Å². The molecule has 2 N–H and O–H groups in total. The van der Waals surface area contributed by atoms with E-state index in [1.807, 2.05) is 45.2 Å². The van der Waals surface area contributed by atoms with Crippen molar-refractivity contribution in [1.29, 1.82) is 0 Å². The van der Waals surface area contributed by atoms with Crippen molar-refractivity contribution in [3.05, 3.63) is 36.0 Å². The van der Waals surface area contributed by atoms with E-state index in [2.05, 4.69) is 10.6 Å². The zero-order valence-electron chi connectivity index (χ0n) is 10.7. The summed E-state index contributed by atoms with van der Waals surface area (Å²) in [6.07, 6.45) is 3.27. The minimum Gasteiger partial charge on any atom is -0.388 e. The molecular formula is C14H20N2O. The number of carbonyl (C=O) groups excluding carboxylic acids is 1. The van der Waals surface area contributed by atoms with E-state index < -0.39 is 0 Å². The van der Waals surface area contributed by atoms with Crippen molar-refractivity contribution >= 4 is 17.2 Å². The summed E-state index contributed by atoms with van der Waals surface area (Å²) in [4.78, 5) is 11.5. The van der Waals surface area contributed by atoms with E-state index >= 15 is 0 Å². The first-order chi connectivity index (χ1) is 8.17. The maximum Gasteiger partial charge on any atom is 0.160 e. The Morgan fingerprint density at radius 2 is 1.82 bits per heavy atom. The van der Waals surface area contributed by atoms with Gasteiger partial charge in [-0.05, 0) is 37.6 Å².